The standard InChI is InChI=1S/C18H19NO3/c20-12-17-10-18(17,7-8-19(11-17)16(21)22)15-6-5-13-3-1-2-4-14(13)9-15/h1-6,9,20H,7-8,10-12H2,(H,21,22)/t17?,18-/m1/s1. The number of aliphatic hydroxyl groups is 1. The Morgan fingerprint density at radius 3 is 2.68 bits per heavy atom. The van der Waals surface area contributed by atoms with Crippen LogP contribution in [0.4, 0.5) is 4.79 Å². The van der Waals surface area contributed by atoms with Gasteiger partial charge in [-0.1, -0.05) is 42.5 Å². The first kappa shape index (κ1) is 13.6. The third-order valence-electron chi connectivity index (χ3n) is 5.71. The van der Waals surface area contributed by atoms with Gasteiger partial charge >= 0.3 is 6.09 Å². The number of benzene rings is 2. The Morgan fingerprint density at radius 2 is 1.95 bits per heavy atom. The largest absolute Gasteiger partial charge is 0.465 e. The second-order valence-electron chi connectivity index (χ2n) is 6.71. The number of aliphatic hydroxyl groups excluding tert-OH is 1. The van der Waals surface area contributed by atoms with Crippen molar-refractivity contribution in [2.75, 3.05) is 19.7 Å². The van der Waals surface area contributed by atoms with Gasteiger partial charge in [-0.25, -0.2) is 4.79 Å². The molecule has 2 aromatic carbocycles. The number of likely N-dealkylation sites (tertiary alicyclic amines) is 1. The normalized spacial score (nSPS) is 30.1. The van der Waals surface area contributed by atoms with Crippen LogP contribution in [0.25, 0.3) is 10.8 Å². The second-order valence-corrected chi connectivity index (χ2v) is 6.71. The van der Waals surface area contributed by atoms with Crippen LogP contribution in [0.15, 0.2) is 42.5 Å². The number of carbonyl (C=O) groups is 1. The van der Waals surface area contributed by atoms with Crippen molar-refractivity contribution >= 4 is 16.9 Å². The highest BCUT2D eigenvalue weighted by atomic mass is 16.4. The monoisotopic (exact) mass is 297 g/mol. The summed E-state index contributed by atoms with van der Waals surface area (Å²) < 4.78 is 0. The van der Waals surface area contributed by atoms with Crippen LogP contribution in [0.5, 0.6) is 0 Å². The van der Waals surface area contributed by atoms with E-state index in [1.54, 1.807) is 0 Å². The zero-order valence-electron chi connectivity index (χ0n) is 12.3. The molecule has 1 saturated carbocycles. The zero-order chi connectivity index (χ0) is 15.4. The highest BCUT2D eigenvalue weighted by molar-refractivity contribution is 5.83. The van der Waals surface area contributed by atoms with Gasteiger partial charge in [0.05, 0.1) is 6.61 Å². The van der Waals surface area contributed by atoms with Crippen molar-refractivity contribution in [2.45, 2.75) is 18.3 Å². The van der Waals surface area contributed by atoms with Crippen LogP contribution in [0.3, 0.4) is 0 Å². The third-order valence-corrected chi connectivity index (χ3v) is 5.71. The lowest BCUT2D eigenvalue weighted by atomic mass is 9.80. The van der Waals surface area contributed by atoms with Gasteiger partial charge < -0.3 is 15.1 Å². The molecule has 0 aromatic heterocycles. The smallest absolute Gasteiger partial charge is 0.407 e. The summed E-state index contributed by atoms with van der Waals surface area (Å²) in [6, 6.07) is 14.7. The van der Waals surface area contributed by atoms with E-state index in [1.807, 2.05) is 12.1 Å². The fraction of sp³-hybridized carbons (Fsp3) is 0.389. The predicted octanol–water partition coefficient (Wildman–Crippen LogP) is 2.84. The van der Waals surface area contributed by atoms with E-state index in [0.717, 1.165) is 12.8 Å². The lowest BCUT2D eigenvalue weighted by molar-refractivity contribution is 0.0840. The van der Waals surface area contributed by atoms with Crippen molar-refractivity contribution in [3.05, 3.63) is 48.0 Å². The van der Waals surface area contributed by atoms with Crippen LogP contribution in [0, 0.1) is 5.41 Å². The van der Waals surface area contributed by atoms with Crippen LogP contribution >= 0.6 is 0 Å². The average molecular weight is 297 g/mol. The third kappa shape index (κ3) is 1.70. The van der Waals surface area contributed by atoms with Crippen LogP contribution in [0.1, 0.15) is 18.4 Å². The van der Waals surface area contributed by atoms with Crippen LogP contribution in [0.2, 0.25) is 0 Å². The average Bonchev–Trinajstić information content (AvgIpc) is 3.24. The Balaban J connectivity index is 1.74. The molecule has 1 unspecified atom stereocenters. The lowest BCUT2D eigenvalue weighted by Crippen LogP contribution is -2.45. The number of hydrogen-bond donors (Lipinski definition) is 2. The molecular weight excluding hydrogens is 278 g/mol. The number of rotatable bonds is 2. The molecule has 1 heterocycles. The van der Waals surface area contributed by atoms with Crippen molar-refractivity contribution in [3.8, 4) is 0 Å². The van der Waals surface area contributed by atoms with Crippen molar-refractivity contribution in [3.63, 3.8) is 0 Å². The summed E-state index contributed by atoms with van der Waals surface area (Å²) in [6.07, 6.45) is 0.781. The molecule has 22 heavy (non-hydrogen) atoms. The number of fused-ring (bicyclic) bond motifs is 2. The lowest BCUT2D eigenvalue weighted by Gasteiger charge is -2.36. The van der Waals surface area contributed by atoms with Crippen molar-refractivity contribution in [1.82, 2.24) is 4.90 Å². The van der Waals surface area contributed by atoms with Gasteiger partial charge in [0.1, 0.15) is 0 Å². The Bertz CT molecular complexity index is 759. The first-order valence-corrected chi connectivity index (χ1v) is 7.68. The van der Waals surface area contributed by atoms with Gasteiger partial charge in [0, 0.05) is 23.9 Å². The molecule has 1 aliphatic heterocycles. The molecule has 2 atom stereocenters. The molecule has 2 aliphatic rings. The Morgan fingerprint density at radius 1 is 1.18 bits per heavy atom. The van der Waals surface area contributed by atoms with E-state index >= 15 is 0 Å². The Hall–Kier alpha value is -2.07. The molecule has 4 rings (SSSR count). The van der Waals surface area contributed by atoms with Crippen LogP contribution < -0.4 is 0 Å². The second kappa shape index (κ2) is 4.46. The highest BCUT2D eigenvalue weighted by Gasteiger charge is 2.69. The van der Waals surface area contributed by atoms with E-state index in [4.69, 9.17) is 0 Å². The molecule has 0 bridgehead atoms. The van der Waals surface area contributed by atoms with Gasteiger partial charge in [-0.3, -0.25) is 0 Å². The maximum atomic E-state index is 11.2. The summed E-state index contributed by atoms with van der Waals surface area (Å²) in [5, 5.41) is 21.5. The minimum atomic E-state index is -0.883. The number of nitrogens with zero attached hydrogens (tertiary/aromatic N) is 1. The van der Waals surface area contributed by atoms with E-state index < -0.39 is 6.09 Å². The van der Waals surface area contributed by atoms with Gasteiger partial charge in [0.15, 0.2) is 0 Å². The summed E-state index contributed by atoms with van der Waals surface area (Å²) in [6.45, 7) is 1.03. The van der Waals surface area contributed by atoms with Crippen LogP contribution in [-0.4, -0.2) is 40.9 Å². The van der Waals surface area contributed by atoms with Gasteiger partial charge in [0.25, 0.3) is 0 Å². The van der Waals surface area contributed by atoms with Crippen LogP contribution in [-0.2, 0) is 5.41 Å². The molecule has 1 amide bonds. The first-order valence-electron chi connectivity index (χ1n) is 7.68. The first-order chi connectivity index (χ1) is 10.6. The molecule has 2 aromatic rings. The van der Waals surface area contributed by atoms with Crippen molar-refractivity contribution in [1.29, 1.82) is 0 Å². The summed E-state index contributed by atoms with van der Waals surface area (Å²) >= 11 is 0. The molecule has 0 spiro atoms. The predicted molar refractivity (Wildman–Crippen MR) is 84.0 cm³/mol. The van der Waals surface area contributed by atoms with Gasteiger partial charge in [-0.2, -0.15) is 0 Å². The Labute approximate surface area is 129 Å². The fourth-order valence-electron chi connectivity index (χ4n) is 4.32. The SMILES string of the molecule is O=C(O)N1CC[C@]2(c3ccc4ccccc4c3)CC2(CO)C1. The maximum Gasteiger partial charge on any atom is 0.407 e. The summed E-state index contributed by atoms with van der Waals surface area (Å²) in [5.41, 5.74) is 0.884. The summed E-state index contributed by atoms with van der Waals surface area (Å²) in [4.78, 5) is 12.7. The number of amides is 1. The zero-order valence-corrected chi connectivity index (χ0v) is 12.3. The molecular formula is C18H19NO3. The quantitative estimate of drug-likeness (QED) is 0.896. The number of carboxylic acid groups (broad SMARTS) is 1. The summed E-state index contributed by atoms with van der Waals surface area (Å²) in [7, 11) is 0. The molecule has 4 heteroatoms. The topological polar surface area (TPSA) is 60.8 Å². The summed E-state index contributed by atoms with van der Waals surface area (Å²) in [5.74, 6) is 0. The minimum Gasteiger partial charge on any atom is -0.465 e. The van der Waals surface area contributed by atoms with E-state index in [9.17, 15) is 15.0 Å². The van der Waals surface area contributed by atoms with E-state index in [1.165, 1.54) is 21.2 Å². The molecule has 4 nitrogen and oxygen atoms in total. The fourth-order valence-corrected chi connectivity index (χ4v) is 4.32. The molecule has 1 saturated heterocycles. The van der Waals surface area contributed by atoms with Crippen molar-refractivity contribution in [2.24, 2.45) is 5.41 Å². The Kier molecular flexibility index (Phi) is 2.76. The van der Waals surface area contributed by atoms with Gasteiger partial charge in [-0.15, -0.1) is 0 Å². The minimum absolute atomic E-state index is 0.0452. The molecule has 1 aliphatic carbocycles. The van der Waals surface area contributed by atoms with E-state index in [-0.39, 0.29) is 17.4 Å². The van der Waals surface area contributed by atoms with E-state index in [2.05, 4.69) is 30.3 Å². The maximum absolute atomic E-state index is 11.2. The molecule has 2 N–H and O–H groups in total. The number of piperidine rings is 1. The molecule has 114 valence electrons. The number of hydrogen-bond acceptors (Lipinski definition) is 2. The molecule has 0 radical (unpaired) electrons. The van der Waals surface area contributed by atoms with Crippen molar-refractivity contribution < 1.29 is 15.0 Å². The van der Waals surface area contributed by atoms with Gasteiger partial charge in [-0.05, 0) is 29.2 Å². The van der Waals surface area contributed by atoms with Gasteiger partial charge in [0.2, 0.25) is 0 Å². The van der Waals surface area contributed by atoms with E-state index in [0.29, 0.717) is 13.1 Å². The molecule has 2 fully saturated rings. The highest BCUT2D eigenvalue weighted by Crippen LogP contribution is 2.68.